The zero-order valence-corrected chi connectivity index (χ0v) is 39.4. The van der Waals surface area contributed by atoms with Crippen molar-refractivity contribution in [2.45, 2.75) is 162 Å². The average molecular weight is 865 g/mol. The third kappa shape index (κ3) is 11.2. The molecular weight excluding hydrogens is 793 g/mol. The van der Waals surface area contributed by atoms with Crippen LogP contribution in [0.15, 0.2) is 42.6 Å². The predicted molar refractivity (Wildman–Crippen MR) is 237 cm³/mol. The minimum Gasteiger partial charge on any atom is -0.458 e. The summed E-state index contributed by atoms with van der Waals surface area (Å²) in [4.78, 5) is 64.6. The second-order valence-corrected chi connectivity index (χ2v) is 19.6. The molecule has 3 fully saturated rings. The number of cyclic esters (lactones) is 1. The number of rotatable bonds is 8. The zero-order chi connectivity index (χ0) is 45.9. The molecule has 4 heterocycles. The maximum Gasteiger partial charge on any atom is 0.410 e. The van der Waals surface area contributed by atoms with E-state index in [2.05, 4.69) is 28.2 Å². The molecule has 0 spiro atoms. The number of hydrogen-bond acceptors (Lipinski definition) is 12. The van der Waals surface area contributed by atoms with Crippen molar-refractivity contribution >= 4 is 40.9 Å². The summed E-state index contributed by atoms with van der Waals surface area (Å²) in [6.07, 6.45) is 3.03. The predicted octanol–water partition coefficient (Wildman–Crippen LogP) is 7.81. The Hall–Kier alpha value is -4.11. The number of nitrogens with zero attached hydrogens (tertiary/aromatic N) is 3. The fourth-order valence-corrected chi connectivity index (χ4v) is 9.71. The minimum atomic E-state index is -1.40. The van der Waals surface area contributed by atoms with E-state index < -0.39 is 83.2 Å². The maximum absolute atomic E-state index is 14.8. The van der Waals surface area contributed by atoms with Gasteiger partial charge in [0.15, 0.2) is 17.7 Å². The summed E-state index contributed by atoms with van der Waals surface area (Å²) < 4.78 is 38.7. The third-order valence-corrected chi connectivity index (χ3v) is 13.0. The summed E-state index contributed by atoms with van der Waals surface area (Å²) in [5, 5.41) is 3.92. The normalized spacial score (nSPS) is 35.5. The Morgan fingerprint density at radius 3 is 2.42 bits per heavy atom. The first-order valence-electron chi connectivity index (χ1n) is 22.3. The van der Waals surface area contributed by atoms with E-state index in [9.17, 15) is 19.2 Å². The summed E-state index contributed by atoms with van der Waals surface area (Å²) in [6, 6.07) is 8.59. The van der Waals surface area contributed by atoms with Crippen molar-refractivity contribution in [2.24, 2.45) is 23.7 Å². The molecule has 0 bridgehead atoms. The highest BCUT2D eigenvalue weighted by Crippen LogP contribution is 2.40. The van der Waals surface area contributed by atoms with Gasteiger partial charge in [0.2, 0.25) is 0 Å². The molecule has 1 aromatic heterocycles. The van der Waals surface area contributed by atoms with Gasteiger partial charge in [-0.15, -0.1) is 0 Å². The molecule has 3 aliphatic rings. The van der Waals surface area contributed by atoms with Crippen LogP contribution in [0.1, 0.15) is 108 Å². The van der Waals surface area contributed by atoms with Crippen LogP contribution < -0.4 is 5.32 Å². The van der Waals surface area contributed by atoms with Gasteiger partial charge in [0, 0.05) is 36.0 Å². The Balaban J connectivity index is 1.61. The van der Waals surface area contributed by atoms with Crippen LogP contribution in [-0.2, 0) is 38.0 Å². The molecule has 1 N–H and O–H groups in total. The van der Waals surface area contributed by atoms with Gasteiger partial charge in [-0.1, -0.05) is 58.0 Å². The van der Waals surface area contributed by atoms with Crippen molar-refractivity contribution in [3.05, 3.63) is 48.2 Å². The topological polar surface area (TPSA) is 155 Å². The second kappa shape index (κ2) is 19.7. The van der Waals surface area contributed by atoms with Gasteiger partial charge in [-0.25, -0.2) is 9.59 Å². The number of ether oxygens (including phenoxy) is 6. The number of benzene rings is 1. The lowest BCUT2D eigenvalue weighted by Crippen LogP contribution is -2.62. The average Bonchev–Trinajstić information content (AvgIpc) is 3.52. The lowest BCUT2D eigenvalue weighted by atomic mass is 9.78. The van der Waals surface area contributed by atoms with Gasteiger partial charge in [-0.3, -0.25) is 14.6 Å². The number of para-hydroxylation sites is 1. The van der Waals surface area contributed by atoms with Crippen LogP contribution in [0, 0.1) is 23.7 Å². The standard InChI is InChI=1S/C48H72N4O10/c1-15-38-48(12)40(50-44(55)61-48)33(7)52(45(56)62-46(8,9)10)27-28(2)25-47(11,57-22-18-19-34-24-35-20-16-17-21-36(35)49-26-34)41(31(5)39(53)32(6)42(54)59-38)60-43-30(4)37(51(13)14)23-29(3)58-43/h16-21,24,26,28-33,37-38,40-41,43H,15,22-23,25,27H2,1-14H3,(H,50,55)/b19-18+/t28-,29?,30?,31-,32?,33-,37?,38-,40-,41?,43+,47-,48-/m1/s1. The molecule has 62 heavy (non-hydrogen) atoms. The van der Waals surface area contributed by atoms with Crippen molar-refractivity contribution in [3.63, 3.8) is 0 Å². The molecule has 3 aliphatic heterocycles. The molecule has 344 valence electrons. The van der Waals surface area contributed by atoms with Gasteiger partial charge in [0.25, 0.3) is 0 Å². The van der Waals surface area contributed by atoms with Crippen LogP contribution in [0.4, 0.5) is 9.59 Å². The number of hydrogen-bond donors (Lipinski definition) is 1. The van der Waals surface area contributed by atoms with E-state index >= 15 is 0 Å². The number of carbonyl (C=O) groups excluding carboxylic acids is 4. The molecule has 3 saturated heterocycles. The number of carbonyl (C=O) groups is 4. The lowest BCUT2D eigenvalue weighted by molar-refractivity contribution is -0.282. The fourth-order valence-electron chi connectivity index (χ4n) is 9.71. The Labute approximate surface area is 368 Å². The van der Waals surface area contributed by atoms with Gasteiger partial charge in [-0.05, 0) is 112 Å². The van der Waals surface area contributed by atoms with Gasteiger partial charge in [0.1, 0.15) is 17.6 Å². The summed E-state index contributed by atoms with van der Waals surface area (Å²) in [7, 11) is 4.08. The molecule has 0 aliphatic carbocycles. The summed E-state index contributed by atoms with van der Waals surface area (Å²) in [5.74, 6) is -3.63. The molecule has 5 unspecified atom stereocenters. The zero-order valence-electron chi connectivity index (χ0n) is 39.4. The molecule has 1 aromatic carbocycles. The highest BCUT2D eigenvalue weighted by Gasteiger charge is 2.57. The van der Waals surface area contributed by atoms with Crippen LogP contribution in [0.25, 0.3) is 17.0 Å². The van der Waals surface area contributed by atoms with Crippen molar-refractivity contribution < 1.29 is 47.6 Å². The van der Waals surface area contributed by atoms with Crippen LogP contribution in [0.2, 0.25) is 0 Å². The van der Waals surface area contributed by atoms with Crippen molar-refractivity contribution in [1.82, 2.24) is 20.1 Å². The molecule has 13 atom stereocenters. The number of pyridine rings is 1. The Kier molecular flexibility index (Phi) is 15.6. The molecule has 14 nitrogen and oxygen atoms in total. The van der Waals surface area contributed by atoms with Crippen molar-refractivity contribution in [2.75, 3.05) is 27.2 Å². The van der Waals surface area contributed by atoms with E-state index in [0.717, 1.165) is 22.9 Å². The Bertz CT molecular complexity index is 1930. The number of Topliss-reactive ketones (excluding diaryl/α,β-unsaturated/α-hetero) is 1. The van der Waals surface area contributed by atoms with Crippen LogP contribution in [0.3, 0.4) is 0 Å². The van der Waals surface area contributed by atoms with Crippen molar-refractivity contribution in [1.29, 1.82) is 0 Å². The van der Waals surface area contributed by atoms with Crippen LogP contribution in [0.5, 0.6) is 0 Å². The third-order valence-electron chi connectivity index (χ3n) is 13.0. The largest absolute Gasteiger partial charge is 0.458 e. The molecule has 14 heteroatoms. The van der Waals surface area contributed by atoms with E-state index in [4.69, 9.17) is 28.4 Å². The SMILES string of the molecule is CC[C@H]1OC(=O)C(C)C(=O)[C@@H](C)C(O[C@@H]2OC(C)CC(N(C)C)C2C)[C@](C)(OC/C=C/c2cnc3ccccc3c2)C[C@@H](C)CN(C(=O)OC(C)(C)C)[C@H](C)[C@H]2NC(=O)O[C@@]21C. The Morgan fingerprint density at radius 2 is 1.76 bits per heavy atom. The van der Waals surface area contributed by atoms with E-state index in [1.54, 1.807) is 46.4 Å². The number of alkyl carbamates (subject to hydrolysis) is 1. The van der Waals surface area contributed by atoms with Gasteiger partial charge in [-0.2, -0.15) is 0 Å². The molecule has 2 aromatic rings. The van der Waals surface area contributed by atoms with Crippen LogP contribution >= 0.6 is 0 Å². The lowest BCUT2D eigenvalue weighted by Gasteiger charge is -2.48. The van der Waals surface area contributed by atoms with E-state index in [-0.39, 0.29) is 43.6 Å². The summed E-state index contributed by atoms with van der Waals surface area (Å²) in [6.45, 7) is 22.4. The number of esters is 1. The monoisotopic (exact) mass is 865 g/mol. The number of amides is 2. The molecule has 0 saturated carbocycles. The van der Waals surface area contributed by atoms with Gasteiger partial charge in [0.05, 0.1) is 42.0 Å². The quantitative estimate of drug-likeness (QED) is 0.156. The smallest absolute Gasteiger partial charge is 0.410 e. The molecule has 5 rings (SSSR count). The first kappa shape index (κ1) is 48.9. The van der Waals surface area contributed by atoms with E-state index in [1.807, 2.05) is 91.3 Å². The second-order valence-electron chi connectivity index (χ2n) is 19.6. The maximum atomic E-state index is 14.8. The first-order valence-corrected chi connectivity index (χ1v) is 22.3. The highest BCUT2D eigenvalue weighted by molar-refractivity contribution is 6.00. The summed E-state index contributed by atoms with van der Waals surface area (Å²) >= 11 is 0. The first-order chi connectivity index (χ1) is 29.0. The number of fused-ring (bicyclic) bond motifs is 2. The highest BCUT2D eigenvalue weighted by atomic mass is 16.7. The molecular formula is C48H72N4O10. The van der Waals surface area contributed by atoms with Gasteiger partial charge >= 0.3 is 18.2 Å². The number of ketones is 1. The Morgan fingerprint density at radius 1 is 1.06 bits per heavy atom. The molecule has 2 amide bonds. The minimum absolute atomic E-state index is 0.0892. The number of aromatic nitrogens is 1. The summed E-state index contributed by atoms with van der Waals surface area (Å²) in [5.41, 5.74) is -1.64. The fraction of sp³-hybridized carbons (Fsp3) is 0.688. The van der Waals surface area contributed by atoms with E-state index in [0.29, 0.717) is 6.42 Å². The van der Waals surface area contributed by atoms with Gasteiger partial charge < -0.3 is 43.5 Å². The van der Waals surface area contributed by atoms with Crippen molar-refractivity contribution in [3.8, 4) is 0 Å². The molecule has 0 radical (unpaired) electrons. The number of nitrogens with one attached hydrogen (secondary N) is 1. The van der Waals surface area contributed by atoms with Crippen LogP contribution in [-0.4, -0.2) is 126 Å². The van der Waals surface area contributed by atoms with E-state index in [1.165, 1.54) is 0 Å².